The maximum absolute atomic E-state index is 12.8. The van der Waals surface area contributed by atoms with Crippen LogP contribution in [-0.2, 0) is 28.6 Å². The third-order valence-electron chi connectivity index (χ3n) is 10.8. The molecule has 0 N–H and O–H groups in total. The molecule has 0 aliphatic heterocycles. The summed E-state index contributed by atoms with van der Waals surface area (Å²) in [5.74, 6) is -1.06. The summed E-state index contributed by atoms with van der Waals surface area (Å²) in [6.07, 6.45) is 68.4. The van der Waals surface area contributed by atoms with Crippen LogP contribution in [0.15, 0.2) is 97.2 Å². The molecule has 1 unspecified atom stereocenters. The summed E-state index contributed by atoms with van der Waals surface area (Å²) in [5, 5.41) is 0. The molecule has 0 heterocycles. The van der Waals surface area contributed by atoms with Crippen molar-refractivity contribution in [3.63, 3.8) is 0 Å². The van der Waals surface area contributed by atoms with Crippen molar-refractivity contribution >= 4 is 17.9 Å². The maximum atomic E-state index is 12.8. The van der Waals surface area contributed by atoms with E-state index in [-0.39, 0.29) is 44.0 Å². The van der Waals surface area contributed by atoms with Crippen molar-refractivity contribution in [3.05, 3.63) is 97.2 Å². The SMILES string of the molecule is CC/C=C\C/C=C\C/C=C\CCCCCCCCC(=O)OC(COC(=O)CC/C=C\C/C=C\CCCCCCCC)COC(=O)CCC/C=C\C/C=C\C/C=C\CCCCCCCC. The number of carbonyl (C=O) groups excluding carboxylic acids is 3. The Morgan fingerprint density at radius 3 is 1.09 bits per heavy atom. The zero-order valence-corrected chi connectivity index (χ0v) is 41.5. The first-order valence-electron chi connectivity index (χ1n) is 26.2. The van der Waals surface area contributed by atoms with E-state index in [1.54, 1.807) is 0 Å². The van der Waals surface area contributed by atoms with Crippen LogP contribution < -0.4 is 0 Å². The molecule has 0 amide bonds. The van der Waals surface area contributed by atoms with Gasteiger partial charge >= 0.3 is 17.9 Å². The Bertz CT molecular complexity index is 1300. The molecule has 364 valence electrons. The lowest BCUT2D eigenvalue weighted by atomic mass is 10.1. The minimum atomic E-state index is -0.828. The lowest BCUT2D eigenvalue weighted by Crippen LogP contribution is -2.30. The van der Waals surface area contributed by atoms with E-state index in [0.717, 1.165) is 83.5 Å². The van der Waals surface area contributed by atoms with E-state index in [0.29, 0.717) is 19.3 Å². The quantitative estimate of drug-likeness (QED) is 0.0262. The van der Waals surface area contributed by atoms with Crippen molar-refractivity contribution in [2.45, 2.75) is 239 Å². The van der Waals surface area contributed by atoms with Gasteiger partial charge in [-0.2, -0.15) is 0 Å². The molecule has 0 aromatic heterocycles. The van der Waals surface area contributed by atoms with E-state index in [2.05, 4.69) is 112 Å². The number of esters is 3. The Balaban J connectivity index is 4.55. The molecular weight excluding hydrogens is 793 g/mol. The smallest absolute Gasteiger partial charge is 0.306 e. The van der Waals surface area contributed by atoms with E-state index < -0.39 is 6.10 Å². The van der Waals surface area contributed by atoms with Crippen molar-refractivity contribution in [1.29, 1.82) is 0 Å². The number of carbonyl (C=O) groups is 3. The minimum absolute atomic E-state index is 0.127. The average molecular weight is 889 g/mol. The second-order valence-electron chi connectivity index (χ2n) is 17.0. The summed E-state index contributed by atoms with van der Waals surface area (Å²) < 4.78 is 16.7. The fourth-order valence-electron chi connectivity index (χ4n) is 6.88. The number of ether oxygens (including phenoxy) is 3. The molecule has 0 saturated carbocycles. The summed E-state index contributed by atoms with van der Waals surface area (Å²) in [4.78, 5) is 37.9. The van der Waals surface area contributed by atoms with Crippen LogP contribution in [0.3, 0.4) is 0 Å². The van der Waals surface area contributed by atoms with Gasteiger partial charge in [0.15, 0.2) is 6.10 Å². The number of hydrogen-bond donors (Lipinski definition) is 0. The van der Waals surface area contributed by atoms with Crippen LogP contribution in [-0.4, -0.2) is 37.2 Å². The van der Waals surface area contributed by atoms with Crippen LogP contribution in [0.1, 0.15) is 233 Å². The van der Waals surface area contributed by atoms with Crippen LogP contribution >= 0.6 is 0 Å². The molecule has 0 saturated heterocycles. The Morgan fingerprint density at radius 1 is 0.328 bits per heavy atom. The number of allylic oxidation sites excluding steroid dienone is 16. The summed E-state index contributed by atoms with van der Waals surface area (Å²) in [6.45, 7) is 6.40. The van der Waals surface area contributed by atoms with Gasteiger partial charge in [0.25, 0.3) is 0 Å². The normalized spacial score (nSPS) is 12.9. The van der Waals surface area contributed by atoms with E-state index in [1.165, 1.54) is 96.3 Å². The minimum Gasteiger partial charge on any atom is -0.462 e. The zero-order valence-electron chi connectivity index (χ0n) is 41.5. The van der Waals surface area contributed by atoms with Gasteiger partial charge in [-0.15, -0.1) is 0 Å². The Labute approximate surface area is 394 Å². The van der Waals surface area contributed by atoms with Gasteiger partial charge in [-0.3, -0.25) is 14.4 Å². The molecule has 0 aliphatic carbocycles. The highest BCUT2D eigenvalue weighted by Crippen LogP contribution is 2.12. The summed E-state index contributed by atoms with van der Waals surface area (Å²) in [6, 6.07) is 0. The standard InChI is InChI=1S/C58H96O6/c1-4-7-10-13-16-19-22-25-27-29-31-33-36-39-42-45-48-51-57(60)63-54-55(53-62-56(59)50-47-44-41-38-35-32-24-21-18-15-12-9-6-3)64-58(61)52-49-46-43-40-37-34-30-28-26-23-20-17-14-11-8-5-2/h8,11,17,20,25-28,31-33,35,39,41-42,44,55H,4-7,9-10,12-16,18-19,21-24,29-30,34,36-38,40,43,45-54H2,1-3H3/b11-8-,20-17-,27-25-,28-26-,33-31-,35-32-,42-39-,44-41-. The molecule has 0 aliphatic rings. The predicted octanol–water partition coefficient (Wildman–Crippen LogP) is 17.4. The van der Waals surface area contributed by atoms with Crippen LogP contribution in [0.4, 0.5) is 0 Å². The van der Waals surface area contributed by atoms with Gasteiger partial charge in [0.1, 0.15) is 13.2 Å². The number of unbranched alkanes of at least 4 members (excludes halogenated alkanes) is 19. The van der Waals surface area contributed by atoms with Gasteiger partial charge in [0, 0.05) is 19.3 Å². The highest BCUT2D eigenvalue weighted by molar-refractivity contribution is 5.71. The van der Waals surface area contributed by atoms with Crippen molar-refractivity contribution < 1.29 is 28.6 Å². The molecule has 6 nitrogen and oxygen atoms in total. The van der Waals surface area contributed by atoms with Gasteiger partial charge in [-0.25, -0.2) is 0 Å². The first-order valence-corrected chi connectivity index (χ1v) is 26.2. The molecule has 6 heteroatoms. The highest BCUT2D eigenvalue weighted by Gasteiger charge is 2.19. The Hall–Kier alpha value is -3.67. The van der Waals surface area contributed by atoms with E-state index in [4.69, 9.17) is 14.2 Å². The first-order chi connectivity index (χ1) is 31.5. The molecule has 0 aromatic rings. The third-order valence-corrected chi connectivity index (χ3v) is 10.8. The molecule has 64 heavy (non-hydrogen) atoms. The lowest BCUT2D eigenvalue weighted by molar-refractivity contribution is -0.166. The van der Waals surface area contributed by atoms with Crippen LogP contribution in [0.5, 0.6) is 0 Å². The molecule has 0 bridgehead atoms. The van der Waals surface area contributed by atoms with Crippen molar-refractivity contribution in [3.8, 4) is 0 Å². The molecule has 0 spiro atoms. The Kier molecular flexibility index (Phi) is 49.0. The van der Waals surface area contributed by atoms with E-state index in [9.17, 15) is 14.4 Å². The second kappa shape index (κ2) is 52.0. The van der Waals surface area contributed by atoms with E-state index in [1.807, 2.05) is 6.08 Å². The van der Waals surface area contributed by atoms with E-state index >= 15 is 0 Å². The molecular formula is C58H96O6. The van der Waals surface area contributed by atoms with Gasteiger partial charge in [0.2, 0.25) is 0 Å². The van der Waals surface area contributed by atoms with Crippen LogP contribution in [0, 0.1) is 0 Å². The fraction of sp³-hybridized carbons (Fsp3) is 0.672. The molecule has 0 fully saturated rings. The third kappa shape index (κ3) is 49.3. The lowest BCUT2D eigenvalue weighted by Gasteiger charge is -2.18. The first kappa shape index (κ1) is 60.3. The topological polar surface area (TPSA) is 78.9 Å². The molecule has 0 aromatic carbocycles. The summed E-state index contributed by atoms with van der Waals surface area (Å²) in [7, 11) is 0. The van der Waals surface area contributed by atoms with Gasteiger partial charge in [-0.1, -0.05) is 208 Å². The largest absolute Gasteiger partial charge is 0.462 e. The monoisotopic (exact) mass is 889 g/mol. The summed E-state index contributed by atoms with van der Waals surface area (Å²) in [5.41, 5.74) is 0. The fourth-order valence-corrected chi connectivity index (χ4v) is 6.88. The van der Waals surface area contributed by atoms with Crippen molar-refractivity contribution in [1.82, 2.24) is 0 Å². The maximum Gasteiger partial charge on any atom is 0.306 e. The predicted molar refractivity (Wildman–Crippen MR) is 274 cm³/mol. The van der Waals surface area contributed by atoms with Crippen molar-refractivity contribution in [2.75, 3.05) is 13.2 Å². The summed E-state index contributed by atoms with van der Waals surface area (Å²) >= 11 is 0. The highest BCUT2D eigenvalue weighted by atomic mass is 16.6. The van der Waals surface area contributed by atoms with Gasteiger partial charge in [-0.05, 0) is 103 Å². The molecule has 1 atom stereocenters. The second-order valence-corrected chi connectivity index (χ2v) is 17.0. The molecule has 0 rings (SSSR count). The van der Waals surface area contributed by atoms with Crippen LogP contribution in [0.2, 0.25) is 0 Å². The Morgan fingerprint density at radius 2 is 0.656 bits per heavy atom. The van der Waals surface area contributed by atoms with Gasteiger partial charge < -0.3 is 14.2 Å². The zero-order chi connectivity index (χ0) is 46.5. The van der Waals surface area contributed by atoms with Crippen LogP contribution in [0.25, 0.3) is 0 Å². The molecule has 0 radical (unpaired) electrons. The van der Waals surface area contributed by atoms with Gasteiger partial charge in [0.05, 0.1) is 0 Å². The van der Waals surface area contributed by atoms with Crippen molar-refractivity contribution in [2.24, 2.45) is 0 Å². The number of rotatable bonds is 46. The average Bonchev–Trinajstić information content (AvgIpc) is 3.29. The number of hydrogen-bond acceptors (Lipinski definition) is 6.